The number of nitrogens with two attached hydrogens (primary N) is 2. The molecule has 0 unspecified atom stereocenters. The molecule has 0 radical (unpaired) electrons. The number of hydrogen-bond donors (Lipinski definition) is 2. The van der Waals surface area contributed by atoms with E-state index in [1.807, 2.05) is 29.6 Å². The first-order valence-electron chi connectivity index (χ1n) is 4.46. The van der Waals surface area contributed by atoms with Crippen molar-refractivity contribution in [3.8, 4) is 11.3 Å². The largest absolute Gasteiger partial charge is 0.370 e. The van der Waals surface area contributed by atoms with E-state index in [4.69, 9.17) is 11.5 Å². The Morgan fingerprint density at radius 2 is 1.94 bits per heavy atom. The zero-order valence-electron chi connectivity index (χ0n) is 8.22. The lowest BCUT2D eigenvalue weighted by atomic mass is 10.2. The van der Waals surface area contributed by atoms with E-state index in [2.05, 4.69) is 25.9 Å². The molecule has 4 nitrogen and oxygen atoms in total. The van der Waals surface area contributed by atoms with Crippen LogP contribution < -0.4 is 11.5 Å². The van der Waals surface area contributed by atoms with Crippen molar-refractivity contribution >= 4 is 38.4 Å². The fourth-order valence-corrected chi connectivity index (χ4v) is 2.16. The van der Waals surface area contributed by atoms with Gasteiger partial charge in [0.15, 0.2) is 5.96 Å². The van der Waals surface area contributed by atoms with Gasteiger partial charge in [-0.3, -0.25) is 0 Å². The first-order valence-corrected chi connectivity index (χ1v) is 6.13. The Kier molecular flexibility index (Phi) is 3.21. The van der Waals surface area contributed by atoms with Gasteiger partial charge in [-0.15, -0.1) is 11.3 Å². The molecule has 0 fully saturated rings. The molecule has 2 aromatic rings. The molecule has 82 valence electrons. The van der Waals surface area contributed by atoms with Gasteiger partial charge in [0.2, 0.25) is 5.13 Å². The van der Waals surface area contributed by atoms with E-state index in [9.17, 15) is 0 Å². The fourth-order valence-electron chi connectivity index (χ4n) is 1.18. The summed E-state index contributed by atoms with van der Waals surface area (Å²) in [4.78, 5) is 8.20. The second-order valence-electron chi connectivity index (χ2n) is 3.06. The van der Waals surface area contributed by atoms with Crippen molar-refractivity contribution in [2.45, 2.75) is 0 Å². The first-order chi connectivity index (χ1) is 7.65. The Labute approximate surface area is 105 Å². The number of aliphatic imine (C=N–C) groups is 1. The molecule has 6 heteroatoms. The Morgan fingerprint density at radius 3 is 2.56 bits per heavy atom. The molecule has 1 aromatic carbocycles. The van der Waals surface area contributed by atoms with Crippen LogP contribution in [0.15, 0.2) is 39.1 Å². The van der Waals surface area contributed by atoms with E-state index >= 15 is 0 Å². The lowest BCUT2D eigenvalue weighted by Gasteiger charge is -1.95. The van der Waals surface area contributed by atoms with Crippen LogP contribution in [0.25, 0.3) is 11.3 Å². The summed E-state index contributed by atoms with van der Waals surface area (Å²) in [5.41, 5.74) is 12.5. The van der Waals surface area contributed by atoms with Crippen molar-refractivity contribution in [2.24, 2.45) is 16.5 Å². The fraction of sp³-hybridized carbons (Fsp3) is 0. The highest BCUT2D eigenvalue weighted by Crippen LogP contribution is 2.27. The first kappa shape index (κ1) is 11.1. The van der Waals surface area contributed by atoms with Gasteiger partial charge in [0.1, 0.15) is 0 Å². The Hall–Kier alpha value is -1.40. The van der Waals surface area contributed by atoms with Gasteiger partial charge in [-0.25, -0.2) is 4.98 Å². The molecule has 1 aromatic heterocycles. The highest BCUT2D eigenvalue weighted by Gasteiger charge is 2.03. The summed E-state index contributed by atoms with van der Waals surface area (Å²) in [7, 11) is 0. The smallest absolute Gasteiger partial charge is 0.212 e. The molecule has 0 aliphatic heterocycles. The summed E-state index contributed by atoms with van der Waals surface area (Å²) in [5, 5.41) is 2.49. The minimum absolute atomic E-state index is 0.0247. The van der Waals surface area contributed by atoms with E-state index in [-0.39, 0.29) is 5.96 Å². The molecule has 2 rings (SSSR count). The summed E-state index contributed by atoms with van der Waals surface area (Å²) < 4.78 is 1.04. The molecule has 0 aliphatic rings. The summed E-state index contributed by atoms with van der Waals surface area (Å²) >= 11 is 4.79. The van der Waals surface area contributed by atoms with Gasteiger partial charge < -0.3 is 11.5 Å². The van der Waals surface area contributed by atoms with Gasteiger partial charge in [-0.05, 0) is 12.1 Å². The zero-order chi connectivity index (χ0) is 11.5. The van der Waals surface area contributed by atoms with Crippen LogP contribution in [0.4, 0.5) is 5.13 Å². The van der Waals surface area contributed by atoms with Crippen LogP contribution in [0.2, 0.25) is 0 Å². The van der Waals surface area contributed by atoms with E-state index < -0.39 is 0 Å². The molecule has 16 heavy (non-hydrogen) atoms. The standard InChI is InChI=1S/C10H9BrN4S/c11-7-3-1-6(2-4-7)8-5-16-10(14-8)15-9(12)13/h1-5H,(H4,12,13,14,15). The normalized spacial score (nSPS) is 10.1. The minimum Gasteiger partial charge on any atom is -0.370 e. The number of guanidine groups is 1. The van der Waals surface area contributed by atoms with Crippen LogP contribution in [-0.2, 0) is 0 Å². The maximum atomic E-state index is 5.28. The monoisotopic (exact) mass is 296 g/mol. The maximum absolute atomic E-state index is 5.28. The van der Waals surface area contributed by atoms with Gasteiger partial charge in [0.25, 0.3) is 0 Å². The molecule has 0 amide bonds. The third-order valence-electron chi connectivity index (χ3n) is 1.86. The predicted octanol–water partition coefficient (Wildman–Crippen LogP) is 2.48. The molecule has 1 heterocycles. The van der Waals surface area contributed by atoms with E-state index in [0.29, 0.717) is 5.13 Å². The third-order valence-corrected chi connectivity index (χ3v) is 3.12. The second-order valence-corrected chi connectivity index (χ2v) is 4.81. The Balaban J connectivity index is 2.31. The van der Waals surface area contributed by atoms with Crippen LogP contribution in [0.3, 0.4) is 0 Å². The van der Waals surface area contributed by atoms with Crippen molar-refractivity contribution in [2.75, 3.05) is 0 Å². The average molecular weight is 297 g/mol. The third kappa shape index (κ3) is 2.59. The summed E-state index contributed by atoms with van der Waals surface area (Å²) in [6.45, 7) is 0. The van der Waals surface area contributed by atoms with E-state index in [0.717, 1.165) is 15.7 Å². The van der Waals surface area contributed by atoms with Crippen molar-refractivity contribution in [1.29, 1.82) is 0 Å². The van der Waals surface area contributed by atoms with Gasteiger partial charge in [-0.2, -0.15) is 4.99 Å². The topological polar surface area (TPSA) is 77.3 Å². The summed E-state index contributed by atoms with van der Waals surface area (Å²) in [5.74, 6) is 0.0247. The maximum Gasteiger partial charge on any atom is 0.212 e. The Bertz CT molecular complexity index is 514. The van der Waals surface area contributed by atoms with Gasteiger partial charge in [0, 0.05) is 15.4 Å². The molecule has 0 atom stereocenters. The number of hydrogen-bond acceptors (Lipinski definition) is 3. The quantitative estimate of drug-likeness (QED) is 0.660. The van der Waals surface area contributed by atoms with Crippen molar-refractivity contribution in [1.82, 2.24) is 4.98 Å². The molecule has 0 bridgehead atoms. The number of aromatic nitrogens is 1. The van der Waals surface area contributed by atoms with Gasteiger partial charge >= 0.3 is 0 Å². The predicted molar refractivity (Wildman–Crippen MR) is 70.7 cm³/mol. The average Bonchev–Trinajstić information content (AvgIpc) is 2.66. The number of halogens is 1. The van der Waals surface area contributed by atoms with Crippen molar-refractivity contribution < 1.29 is 0 Å². The van der Waals surface area contributed by atoms with E-state index in [1.165, 1.54) is 11.3 Å². The summed E-state index contributed by atoms with van der Waals surface area (Å²) in [6.07, 6.45) is 0. The lowest BCUT2D eigenvalue weighted by molar-refractivity contribution is 1.33. The Morgan fingerprint density at radius 1 is 1.25 bits per heavy atom. The summed E-state index contributed by atoms with van der Waals surface area (Å²) in [6, 6.07) is 7.90. The molecular weight excluding hydrogens is 288 g/mol. The van der Waals surface area contributed by atoms with Crippen molar-refractivity contribution in [3.05, 3.63) is 34.1 Å². The number of thiazole rings is 1. The van der Waals surface area contributed by atoms with Gasteiger partial charge in [0.05, 0.1) is 5.69 Å². The van der Waals surface area contributed by atoms with Crippen LogP contribution in [0.5, 0.6) is 0 Å². The molecular formula is C10H9BrN4S. The number of rotatable bonds is 2. The van der Waals surface area contributed by atoms with Crippen LogP contribution in [0.1, 0.15) is 0 Å². The minimum atomic E-state index is 0.0247. The van der Waals surface area contributed by atoms with E-state index in [1.54, 1.807) is 0 Å². The van der Waals surface area contributed by atoms with Crippen molar-refractivity contribution in [3.63, 3.8) is 0 Å². The highest BCUT2D eigenvalue weighted by atomic mass is 79.9. The molecule has 0 spiro atoms. The highest BCUT2D eigenvalue weighted by molar-refractivity contribution is 9.10. The molecule has 0 saturated carbocycles. The van der Waals surface area contributed by atoms with Crippen LogP contribution >= 0.6 is 27.3 Å². The SMILES string of the molecule is NC(N)=Nc1nc(-c2ccc(Br)cc2)cs1. The molecule has 0 aliphatic carbocycles. The number of benzene rings is 1. The number of nitrogens with zero attached hydrogens (tertiary/aromatic N) is 2. The second kappa shape index (κ2) is 4.63. The van der Waals surface area contributed by atoms with Gasteiger partial charge in [-0.1, -0.05) is 28.1 Å². The van der Waals surface area contributed by atoms with Crippen LogP contribution in [0, 0.1) is 0 Å². The zero-order valence-corrected chi connectivity index (χ0v) is 10.6. The van der Waals surface area contributed by atoms with Crippen LogP contribution in [-0.4, -0.2) is 10.9 Å². The molecule has 0 saturated heterocycles. The lowest BCUT2D eigenvalue weighted by Crippen LogP contribution is -2.21. The molecule has 4 N–H and O–H groups in total.